The van der Waals surface area contributed by atoms with Crippen LogP contribution in [0.4, 0.5) is 26.3 Å². The molecule has 318 valence electrons. The minimum atomic E-state index is -4.60. The Morgan fingerprint density at radius 3 is 1.64 bits per heavy atom. The van der Waals surface area contributed by atoms with Gasteiger partial charge in [0.25, 0.3) is 0 Å². The van der Waals surface area contributed by atoms with Gasteiger partial charge in [-0.3, -0.25) is 14.8 Å². The summed E-state index contributed by atoms with van der Waals surface area (Å²) in [5, 5.41) is 19.2. The summed E-state index contributed by atoms with van der Waals surface area (Å²) in [6, 6.07) is 8.63. The second kappa shape index (κ2) is 22.0. The first-order valence-corrected chi connectivity index (χ1v) is 20.6. The molecule has 4 aromatic heterocycles. The van der Waals surface area contributed by atoms with E-state index < -0.39 is 36.1 Å². The van der Waals surface area contributed by atoms with Crippen molar-refractivity contribution >= 4 is 12.0 Å². The maximum atomic E-state index is 12.6. The van der Waals surface area contributed by atoms with Crippen LogP contribution in [0.2, 0.25) is 0 Å². The Hall–Kier alpha value is -4.79. The number of aliphatic hydroxyl groups is 1. The number of alkyl halides is 6. The summed E-state index contributed by atoms with van der Waals surface area (Å²) >= 11 is 0. The van der Waals surface area contributed by atoms with Crippen molar-refractivity contribution in [3.05, 3.63) is 112 Å². The van der Waals surface area contributed by atoms with Crippen molar-refractivity contribution in [2.45, 2.75) is 146 Å². The zero-order valence-electron chi connectivity index (χ0n) is 33.1. The quantitative estimate of drug-likeness (QED) is 0.0788. The lowest BCUT2D eigenvalue weighted by molar-refractivity contribution is -0.145. The van der Waals surface area contributed by atoms with Crippen molar-refractivity contribution in [1.82, 2.24) is 29.9 Å². The smallest absolute Gasteiger partial charge is 0.451 e. The number of aliphatic hydroxyl groups excluding tert-OH is 1. The van der Waals surface area contributed by atoms with Crippen LogP contribution >= 0.6 is 0 Å². The van der Waals surface area contributed by atoms with Gasteiger partial charge in [-0.25, -0.2) is 19.9 Å². The third kappa shape index (κ3) is 15.1. The van der Waals surface area contributed by atoms with Gasteiger partial charge >= 0.3 is 18.3 Å². The lowest BCUT2D eigenvalue weighted by Gasteiger charge is -2.16. The van der Waals surface area contributed by atoms with E-state index in [2.05, 4.69) is 44.2 Å². The molecule has 2 unspecified atom stereocenters. The summed E-state index contributed by atoms with van der Waals surface area (Å²) in [7, 11) is 0. The Kier molecular flexibility index (Phi) is 16.9. The molecule has 0 saturated carbocycles. The van der Waals surface area contributed by atoms with E-state index in [4.69, 9.17) is 15.1 Å². The molecular weight excluding hydrogens is 775 g/mol. The highest BCUT2D eigenvalue weighted by atomic mass is 19.4. The average molecular weight is 827 g/mol. The van der Waals surface area contributed by atoms with Crippen LogP contribution in [-0.2, 0) is 55.7 Å². The Morgan fingerprint density at radius 2 is 1.12 bits per heavy atom. The van der Waals surface area contributed by atoms with Gasteiger partial charge in [-0.05, 0) is 125 Å². The third-order valence-electron chi connectivity index (χ3n) is 10.6. The van der Waals surface area contributed by atoms with Gasteiger partial charge in [0.05, 0.1) is 12.5 Å². The van der Waals surface area contributed by atoms with Gasteiger partial charge in [-0.15, -0.1) is 0 Å². The Labute approximate surface area is 340 Å². The Morgan fingerprint density at radius 1 is 0.644 bits per heavy atom. The van der Waals surface area contributed by atoms with Crippen LogP contribution in [0.5, 0.6) is 0 Å². The highest BCUT2D eigenvalue weighted by Gasteiger charge is 2.35. The number of fused-ring (bicyclic) bond motifs is 2. The highest BCUT2D eigenvalue weighted by molar-refractivity contribution is 5.68. The van der Waals surface area contributed by atoms with E-state index in [1.54, 1.807) is 6.08 Å². The molecule has 0 spiro atoms. The molecule has 2 aliphatic rings. The van der Waals surface area contributed by atoms with Crippen LogP contribution in [0.15, 0.2) is 55.1 Å². The number of halogens is 6. The van der Waals surface area contributed by atoms with Gasteiger partial charge in [0, 0.05) is 53.1 Å². The molecule has 0 aliphatic heterocycles. The molecule has 2 N–H and O–H groups in total. The van der Waals surface area contributed by atoms with Crippen molar-refractivity contribution < 1.29 is 41.4 Å². The fourth-order valence-electron chi connectivity index (χ4n) is 7.42. The predicted molar refractivity (Wildman–Crippen MR) is 210 cm³/mol. The molecule has 0 radical (unpaired) electrons. The number of nitrogens with zero attached hydrogens (tertiary/aromatic N) is 6. The first-order valence-electron chi connectivity index (χ1n) is 20.6. The maximum absolute atomic E-state index is 12.6. The molecule has 4 aromatic rings. The van der Waals surface area contributed by atoms with Crippen molar-refractivity contribution in [3.8, 4) is 0 Å². The normalized spacial score (nSPS) is 15.2. The van der Waals surface area contributed by atoms with Crippen LogP contribution in [0, 0.1) is 0 Å². The van der Waals surface area contributed by atoms with E-state index in [1.165, 1.54) is 54.3 Å². The molecule has 4 heterocycles. The number of hydrogen-bond acceptors (Lipinski definition) is 8. The number of carboxylic acid groups (broad SMARTS) is 1. The Bertz CT molecular complexity index is 1950. The number of carboxylic acids is 1. The molecule has 6 rings (SSSR count). The number of aryl methyl sites for hydroxylation is 6. The number of carbonyl (C=O) groups is 1. The average Bonchev–Trinajstić information content (AvgIpc) is 3.22. The van der Waals surface area contributed by atoms with Gasteiger partial charge in [-0.1, -0.05) is 50.0 Å². The lowest BCUT2D eigenvalue weighted by Crippen LogP contribution is -2.13. The van der Waals surface area contributed by atoms with Gasteiger partial charge in [0.1, 0.15) is 0 Å². The first kappa shape index (κ1) is 45.3. The molecule has 0 fully saturated rings. The fourth-order valence-corrected chi connectivity index (χ4v) is 7.42. The van der Waals surface area contributed by atoms with Crippen molar-refractivity contribution in [1.29, 1.82) is 0 Å². The largest absolute Gasteiger partial charge is 0.481 e. The fraction of sp³-hybridized carbons (Fsp3) is 0.523. The maximum Gasteiger partial charge on any atom is 0.451 e. The highest BCUT2D eigenvalue weighted by Crippen LogP contribution is 2.30. The monoisotopic (exact) mass is 826 g/mol. The number of hydrogen-bond donors (Lipinski definition) is 2. The zero-order chi connectivity index (χ0) is 42.3. The molecule has 59 heavy (non-hydrogen) atoms. The zero-order valence-corrected chi connectivity index (χ0v) is 33.1. The molecule has 9 nitrogen and oxygen atoms in total. The van der Waals surface area contributed by atoms with E-state index in [-0.39, 0.29) is 12.3 Å². The molecule has 0 bridgehead atoms. The summed E-state index contributed by atoms with van der Waals surface area (Å²) in [5.41, 5.74) is 8.34. The number of aliphatic carboxylic acids is 1. The van der Waals surface area contributed by atoms with Crippen LogP contribution in [-0.4, -0.2) is 52.2 Å². The molecule has 15 heteroatoms. The van der Waals surface area contributed by atoms with Gasteiger partial charge in [0.2, 0.25) is 11.6 Å². The number of rotatable bonds is 17. The summed E-state index contributed by atoms with van der Waals surface area (Å²) in [6.45, 7) is 0. The molecular formula is C44H52F6N6O3. The number of aromatic nitrogens is 6. The van der Waals surface area contributed by atoms with Crippen LogP contribution in [0.1, 0.15) is 146 Å². The number of pyridine rings is 2. The summed E-state index contributed by atoms with van der Waals surface area (Å²) < 4.78 is 75.2. The SMILES string of the molecule is O=C(O)CC(CCCCCCc1ccc2c(n1)CCCC2)c1cnc(C(F)(F)F)nc1.OC(/C=C/c1cnc(C(F)(F)F)nc1)CCCCc1ccc2c(n1)CCCC2. The number of unbranched alkanes of at least 4 members (excludes halogenated alkanes) is 4. The van der Waals surface area contributed by atoms with E-state index in [9.17, 15) is 36.2 Å². The second-order valence-corrected chi connectivity index (χ2v) is 15.3. The Balaban J connectivity index is 0.000000225. The van der Waals surface area contributed by atoms with E-state index in [1.807, 2.05) is 0 Å². The standard InChI is InChI=1S/C23H28F3N3O2.C21H24F3N3O/c24-23(25,26)22-27-14-18(15-28-22)17(13-21(30)31)8-3-1-2-4-9-19-12-11-16-7-5-6-10-20(16)29-19;22-21(23,24)20-25-13-15(14-26-20)9-12-18(28)7-3-2-6-17-11-10-16-5-1-4-8-19(16)27-17/h11-12,14-15,17H,1-10,13H2,(H,30,31);9-14,18,28H,1-8H2/b;12-9+. The predicted octanol–water partition coefficient (Wildman–Crippen LogP) is 10.1. The summed E-state index contributed by atoms with van der Waals surface area (Å²) in [5.74, 6) is -3.74. The van der Waals surface area contributed by atoms with Gasteiger partial charge in [-0.2, -0.15) is 26.3 Å². The van der Waals surface area contributed by atoms with Crippen LogP contribution in [0.3, 0.4) is 0 Å². The summed E-state index contributed by atoms with van der Waals surface area (Å²) in [4.78, 5) is 34.0. The molecule has 2 atom stereocenters. The second-order valence-electron chi connectivity index (χ2n) is 15.3. The van der Waals surface area contributed by atoms with E-state index in [0.29, 0.717) is 24.0 Å². The molecule has 0 aromatic carbocycles. The molecule has 0 amide bonds. The summed E-state index contributed by atoms with van der Waals surface area (Å²) in [6.07, 6.45) is 15.4. The van der Waals surface area contributed by atoms with Crippen LogP contribution < -0.4 is 0 Å². The third-order valence-corrected chi connectivity index (χ3v) is 10.6. The molecule has 0 saturated heterocycles. The van der Waals surface area contributed by atoms with Crippen molar-refractivity contribution in [3.63, 3.8) is 0 Å². The van der Waals surface area contributed by atoms with Crippen molar-refractivity contribution in [2.75, 3.05) is 0 Å². The first-order chi connectivity index (χ1) is 28.2. The minimum absolute atomic E-state index is 0.145. The van der Waals surface area contributed by atoms with Gasteiger partial charge < -0.3 is 10.2 Å². The van der Waals surface area contributed by atoms with Crippen molar-refractivity contribution in [2.24, 2.45) is 0 Å². The lowest BCUT2D eigenvalue weighted by atomic mass is 9.92. The van der Waals surface area contributed by atoms with Crippen LogP contribution in [0.25, 0.3) is 6.08 Å². The topological polar surface area (TPSA) is 135 Å². The minimum Gasteiger partial charge on any atom is -0.481 e. The molecule has 2 aliphatic carbocycles. The van der Waals surface area contributed by atoms with E-state index in [0.717, 1.165) is 113 Å². The van der Waals surface area contributed by atoms with E-state index >= 15 is 0 Å². The van der Waals surface area contributed by atoms with Gasteiger partial charge in [0.15, 0.2) is 0 Å².